The lowest BCUT2D eigenvalue weighted by atomic mass is 10.1. The van der Waals surface area contributed by atoms with Crippen LogP contribution in [0.4, 0.5) is 0 Å². The molecule has 1 aliphatic heterocycles. The zero-order chi connectivity index (χ0) is 13.8. The van der Waals surface area contributed by atoms with Gasteiger partial charge in [0.25, 0.3) is 0 Å². The number of methoxy groups -OCH3 is 2. The Morgan fingerprint density at radius 3 is 2.68 bits per heavy atom. The van der Waals surface area contributed by atoms with Crippen LogP contribution < -0.4 is 5.32 Å². The first-order valence-electron chi connectivity index (χ1n) is 6.75. The Morgan fingerprint density at radius 2 is 2.11 bits per heavy atom. The first-order valence-corrected chi connectivity index (χ1v) is 6.75. The van der Waals surface area contributed by atoms with Crippen LogP contribution in [0.1, 0.15) is 19.3 Å². The van der Waals surface area contributed by atoms with E-state index in [1.165, 1.54) is 0 Å². The molecule has 2 atom stereocenters. The number of hydrogen-bond acceptors (Lipinski definition) is 4. The summed E-state index contributed by atoms with van der Waals surface area (Å²) in [6, 6.07) is -0.338. The van der Waals surface area contributed by atoms with Crippen molar-refractivity contribution in [3.63, 3.8) is 0 Å². The van der Waals surface area contributed by atoms with Gasteiger partial charge in [-0.2, -0.15) is 0 Å². The average Bonchev–Trinajstić information content (AvgIpc) is 3.22. The maximum absolute atomic E-state index is 12.4. The largest absolute Gasteiger partial charge is 0.382 e. The maximum atomic E-state index is 12.4. The summed E-state index contributed by atoms with van der Waals surface area (Å²) in [4.78, 5) is 25.8. The summed E-state index contributed by atoms with van der Waals surface area (Å²) in [5, 5.41) is 2.84. The zero-order valence-corrected chi connectivity index (χ0v) is 11.6. The Bertz CT molecular complexity index is 344. The summed E-state index contributed by atoms with van der Waals surface area (Å²) in [6.45, 7) is 1.37. The number of ether oxygens (including phenoxy) is 2. The van der Waals surface area contributed by atoms with E-state index < -0.39 is 0 Å². The van der Waals surface area contributed by atoms with E-state index >= 15 is 0 Å². The van der Waals surface area contributed by atoms with Crippen molar-refractivity contribution >= 4 is 11.8 Å². The van der Waals surface area contributed by atoms with E-state index in [1.807, 2.05) is 0 Å². The van der Waals surface area contributed by atoms with Gasteiger partial charge in [0, 0.05) is 33.7 Å². The van der Waals surface area contributed by atoms with E-state index in [9.17, 15) is 9.59 Å². The standard InChI is InChI=1S/C13H22N2O4/c1-18-8-10(19-2)7-15-6-5-11(16)14-12(13(15)17)9-3-4-9/h9-10,12H,3-8H2,1-2H3,(H,14,16). The molecule has 0 radical (unpaired) electrons. The smallest absolute Gasteiger partial charge is 0.245 e. The molecule has 2 fully saturated rings. The van der Waals surface area contributed by atoms with Gasteiger partial charge >= 0.3 is 0 Å². The van der Waals surface area contributed by atoms with Gasteiger partial charge in [0.1, 0.15) is 6.04 Å². The highest BCUT2D eigenvalue weighted by Crippen LogP contribution is 2.34. The Morgan fingerprint density at radius 1 is 1.37 bits per heavy atom. The molecular formula is C13H22N2O4. The third kappa shape index (κ3) is 3.67. The molecule has 1 aliphatic carbocycles. The number of nitrogens with zero attached hydrogens (tertiary/aromatic N) is 1. The van der Waals surface area contributed by atoms with Crippen LogP contribution in [0.25, 0.3) is 0 Å². The molecule has 2 rings (SSSR count). The molecule has 6 heteroatoms. The minimum Gasteiger partial charge on any atom is -0.382 e. The summed E-state index contributed by atoms with van der Waals surface area (Å²) >= 11 is 0. The molecule has 2 unspecified atom stereocenters. The highest BCUT2D eigenvalue weighted by atomic mass is 16.5. The molecule has 1 saturated carbocycles. The van der Waals surface area contributed by atoms with Crippen molar-refractivity contribution in [2.75, 3.05) is 33.9 Å². The zero-order valence-electron chi connectivity index (χ0n) is 11.6. The van der Waals surface area contributed by atoms with E-state index in [1.54, 1.807) is 19.1 Å². The quantitative estimate of drug-likeness (QED) is 0.724. The van der Waals surface area contributed by atoms with E-state index in [4.69, 9.17) is 9.47 Å². The molecule has 1 heterocycles. The number of rotatable bonds is 6. The van der Waals surface area contributed by atoms with Crippen molar-refractivity contribution in [2.45, 2.75) is 31.4 Å². The number of carbonyl (C=O) groups excluding carboxylic acids is 2. The average molecular weight is 270 g/mol. The molecule has 2 aliphatic rings. The Kier molecular flexibility index (Phi) is 4.76. The van der Waals surface area contributed by atoms with Crippen molar-refractivity contribution in [2.24, 2.45) is 5.92 Å². The van der Waals surface area contributed by atoms with Crippen LogP contribution in [0, 0.1) is 5.92 Å². The summed E-state index contributed by atoms with van der Waals surface area (Å²) in [7, 11) is 3.21. The molecular weight excluding hydrogens is 248 g/mol. The fraction of sp³-hybridized carbons (Fsp3) is 0.846. The van der Waals surface area contributed by atoms with Crippen LogP contribution in [0.2, 0.25) is 0 Å². The maximum Gasteiger partial charge on any atom is 0.245 e. The monoisotopic (exact) mass is 270 g/mol. The summed E-state index contributed by atoms with van der Waals surface area (Å²) in [6.07, 6.45) is 2.26. The summed E-state index contributed by atoms with van der Waals surface area (Å²) < 4.78 is 10.4. The highest BCUT2D eigenvalue weighted by Gasteiger charge is 2.41. The first-order chi connectivity index (χ1) is 9.15. The second-order valence-corrected chi connectivity index (χ2v) is 5.23. The van der Waals surface area contributed by atoms with Gasteiger partial charge in [-0.1, -0.05) is 0 Å². The molecule has 0 aromatic rings. The SMILES string of the molecule is COCC(CN1CCC(=O)NC(C2CC2)C1=O)OC. The van der Waals surface area contributed by atoms with Crippen LogP contribution in [0.15, 0.2) is 0 Å². The minimum absolute atomic E-state index is 0.0199. The molecule has 6 nitrogen and oxygen atoms in total. The Labute approximate surface area is 113 Å². The Balaban J connectivity index is 2.00. The molecule has 108 valence electrons. The van der Waals surface area contributed by atoms with E-state index in [0.29, 0.717) is 32.0 Å². The first kappa shape index (κ1) is 14.3. The second kappa shape index (κ2) is 6.34. The van der Waals surface area contributed by atoms with Gasteiger partial charge in [0.15, 0.2) is 0 Å². The van der Waals surface area contributed by atoms with Crippen molar-refractivity contribution in [3.05, 3.63) is 0 Å². The molecule has 0 aromatic carbocycles. The van der Waals surface area contributed by atoms with E-state index in [0.717, 1.165) is 12.8 Å². The van der Waals surface area contributed by atoms with Crippen LogP contribution in [-0.2, 0) is 19.1 Å². The fourth-order valence-electron chi connectivity index (χ4n) is 2.41. The van der Waals surface area contributed by atoms with Gasteiger partial charge in [0.2, 0.25) is 11.8 Å². The van der Waals surface area contributed by atoms with Crippen LogP contribution in [0.5, 0.6) is 0 Å². The topological polar surface area (TPSA) is 67.9 Å². The highest BCUT2D eigenvalue weighted by molar-refractivity contribution is 5.90. The van der Waals surface area contributed by atoms with Crippen molar-refractivity contribution in [1.29, 1.82) is 0 Å². The third-order valence-corrected chi connectivity index (χ3v) is 3.71. The predicted molar refractivity (Wildman–Crippen MR) is 68.5 cm³/mol. The second-order valence-electron chi connectivity index (χ2n) is 5.23. The van der Waals surface area contributed by atoms with Crippen LogP contribution >= 0.6 is 0 Å². The lowest BCUT2D eigenvalue weighted by Crippen LogP contribution is -2.48. The van der Waals surface area contributed by atoms with Crippen molar-refractivity contribution in [1.82, 2.24) is 10.2 Å². The minimum atomic E-state index is -0.338. The van der Waals surface area contributed by atoms with E-state index in [2.05, 4.69) is 5.32 Å². The van der Waals surface area contributed by atoms with E-state index in [-0.39, 0.29) is 24.0 Å². The normalized spacial score (nSPS) is 26.0. The van der Waals surface area contributed by atoms with Gasteiger partial charge in [-0.3, -0.25) is 9.59 Å². The number of amides is 2. The fourth-order valence-corrected chi connectivity index (χ4v) is 2.41. The van der Waals surface area contributed by atoms with Crippen LogP contribution in [0.3, 0.4) is 0 Å². The summed E-state index contributed by atoms with van der Waals surface area (Å²) in [5.41, 5.74) is 0. The van der Waals surface area contributed by atoms with Crippen LogP contribution in [-0.4, -0.2) is 62.8 Å². The Hall–Kier alpha value is -1.14. The predicted octanol–water partition coefficient (Wildman–Crippen LogP) is -0.225. The molecule has 0 bridgehead atoms. The number of hydrogen-bond donors (Lipinski definition) is 1. The summed E-state index contributed by atoms with van der Waals surface area (Å²) in [5.74, 6) is 0.306. The molecule has 0 spiro atoms. The third-order valence-electron chi connectivity index (χ3n) is 3.71. The molecule has 19 heavy (non-hydrogen) atoms. The molecule has 0 aromatic heterocycles. The van der Waals surface area contributed by atoms with Gasteiger partial charge in [0.05, 0.1) is 12.7 Å². The molecule has 1 saturated heterocycles. The van der Waals surface area contributed by atoms with Gasteiger partial charge in [-0.05, 0) is 18.8 Å². The number of nitrogens with one attached hydrogen (secondary N) is 1. The van der Waals surface area contributed by atoms with Gasteiger partial charge < -0.3 is 19.7 Å². The van der Waals surface area contributed by atoms with Gasteiger partial charge in [-0.25, -0.2) is 0 Å². The lowest BCUT2D eigenvalue weighted by molar-refractivity contribution is -0.136. The lowest BCUT2D eigenvalue weighted by Gasteiger charge is -2.27. The molecule has 1 N–H and O–H groups in total. The van der Waals surface area contributed by atoms with Crippen molar-refractivity contribution < 1.29 is 19.1 Å². The molecule has 2 amide bonds. The van der Waals surface area contributed by atoms with Crippen molar-refractivity contribution in [3.8, 4) is 0 Å². The van der Waals surface area contributed by atoms with Gasteiger partial charge in [-0.15, -0.1) is 0 Å². The number of carbonyl (C=O) groups is 2.